The van der Waals surface area contributed by atoms with Crippen LogP contribution >= 0.6 is 0 Å². The molecule has 2 rings (SSSR count). The van der Waals surface area contributed by atoms with E-state index >= 15 is 0 Å². The van der Waals surface area contributed by atoms with Gasteiger partial charge in [-0.3, -0.25) is 4.18 Å². The van der Waals surface area contributed by atoms with Crippen LogP contribution in [0.2, 0.25) is 18.1 Å². The van der Waals surface area contributed by atoms with Crippen LogP contribution in [-0.2, 0) is 32.9 Å². The van der Waals surface area contributed by atoms with Crippen LogP contribution in [-0.4, -0.2) is 60.0 Å². The van der Waals surface area contributed by atoms with E-state index in [0.717, 1.165) is 6.26 Å². The summed E-state index contributed by atoms with van der Waals surface area (Å²) < 4.78 is 52.2. The fourth-order valence-electron chi connectivity index (χ4n) is 2.70. The number of rotatable bonds is 6. The highest BCUT2D eigenvalue weighted by molar-refractivity contribution is 7.86. The van der Waals surface area contributed by atoms with E-state index in [0.29, 0.717) is 6.42 Å². The smallest absolute Gasteiger partial charge is 0.264 e. The largest absolute Gasteiger partial charge is 0.414 e. The summed E-state index contributed by atoms with van der Waals surface area (Å²) in [6, 6.07) is 0. The summed E-state index contributed by atoms with van der Waals surface area (Å²) >= 11 is 0. The van der Waals surface area contributed by atoms with Gasteiger partial charge >= 0.3 is 0 Å². The molecule has 0 aromatic heterocycles. The Morgan fingerprint density at radius 2 is 1.84 bits per heavy atom. The molecule has 2 saturated heterocycles. The maximum Gasteiger partial charge on any atom is 0.264 e. The summed E-state index contributed by atoms with van der Waals surface area (Å²) in [6.45, 7) is 14.4. The van der Waals surface area contributed by atoms with E-state index in [2.05, 4.69) is 33.9 Å². The van der Waals surface area contributed by atoms with Gasteiger partial charge in [0, 0.05) is 6.42 Å². The molecule has 2 aliphatic heterocycles. The first-order valence-corrected chi connectivity index (χ1v) is 13.4. The Morgan fingerprint density at radius 1 is 1.24 bits per heavy atom. The van der Waals surface area contributed by atoms with Crippen molar-refractivity contribution >= 4 is 18.4 Å². The molecular weight excluding hydrogens is 364 g/mol. The third-order valence-electron chi connectivity index (χ3n) is 5.04. The molecule has 2 fully saturated rings. The summed E-state index contributed by atoms with van der Waals surface area (Å²) in [4.78, 5) is 0. The lowest BCUT2D eigenvalue weighted by molar-refractivity contribution is -0.213. The number of hydrogen-bond donors (Lipinski definition) is 0. The number of hydrogen-bond acceptors (Lipinski definition) is 7. The maximum atomic E-state index is 11.7. The lowest BCUT2D eigenvalue weighted by Crippen LogP contribution is -2.45. The van der Waals surface area contributed by atoms with Crippen molar-refractivity contribution in [3.63, 3.8) is 0 Å². The monoisotopic (exact) mass is 396 g/mol. The van der Waals surface area contributed by atoms with Crippen LogP contribution in [0.1, 0.15) is 41.0 Å². The Morgan fingerprint density at radius 3 is 2.32 bits per heavy atom. The van der Waals surface area contributed by atoms with Crippen LogP contribution in [0, 0.1) is 0 Å². The molecule has 2 aliphatic rings. The van der Waals surface area contributed by atoms with E-state index in [1.54, 1.807) is 0 Å². The topological polar surface area (TPSA) is 80.3 Å². The Hall–Kier alpha value is -0.0331. The molecule has 0 aliphatic carbocycles. The van der Waals surface area contributed by atoms with Crippen LogP contribution in [0.15, 0.2) is 0 Å². The minimum atomic E-state index is -3.64. The fraction of sp³-hybridized carbons (Fsp3) is 1.00. The molecule has 0 aromatic rings. The van der Waals surface area contributed by atoms with Crippen LogP contribution in [0.3, 0.4) is 0 Å². The molecular formula is C16H32O7SSi. The van der Waals surface area contributed by atoms with Crippen molar-refractivity contribution in [1.82, 2.24) is 0 Å². The molecule has 0 aromatic carbocycles. The van der Waals surface area contributed by atoms with Crippen molar-refractivity contribution < 1.29 is 31.2 Å². The standard InChI is InChI=1S/C16H32O7SSi/c1-15(2,3)25(7,8)19-10-13(23-24(6,17)18)11-9-12-14(20-11)22-16(4,5)21-12/h11-14H,9-10H2,1-8H3/t11-,12+,13?,14+/m0/s1. The van der Waals surface area contributed by atoms with Crippen molar-refractivity contribution in [3.8, 4) is 0 Å². The van der Waals surface area contributed by atoms with Gasteiger partial charge in [-0.2, -0.15) is 8.42 Å². The predicted molar refractivity (Wildman–Crippen MR) is 96.2 cm³/mol. The normalized spacial score (nSPS) is 31.1. The summed E-state index contributed by atoms with van der Waals surface area (Å²) in [5, 5.41) is 0.0198. The van der Waals surface area contributed by atoms with Crippen molar-refractivity contribution in [3.05, 3.63) is 0 Å². The Balaban J connectivity index is 2.05. The highest BCUT2D eigenvalue weighted by Gasteiger charge is 2.51. The molecule has 7 nitrogen and oxygen atoms in total. The minimum Gasteiger partial charge on any atom is -0.414 e. The van der Waals surface area contributed by atoms with E-state index in [4.69, 9.17) is 22.8 Å². The molecule has 0 spiro atoms. The lowest BCUT2D eigenvalue weighted by atomic mass is 10.1. The molecule has 25 heavy (non-hydrogen) atoms. The highest BCUT2D eigenvalue weighted by Crippen LogP contribution is 2.40. The summed E-state index contributed by atoms with van der Waals surface area (Å²) in [7, 11) is -5.67. The zero-order valence-electron chi connectivity index (χ0n) is 16.5. The van der Waals surface area contributed by atoms with Crippen molar-refractivity contribution in [2.75, 3.05) is 12.9 Å². The third-order valence-corrected chi connectivity index (χ3v) is 10.1. The maximum absolute atomic E-state index is 11.7. The molecule has 9 heteroatoms. The molecule has 4 atom stereocenters. The summed E-state index contributed by atoms with van der Waals surface area (Å²) in [5.41, 5.74) is 0. The summed E-state index contributed by atoms with van der Waals surface area (Å²) in [5.74, 6) is -0.689. The van der Waals surface area contributed by atoms with Gasteiger partial charge < -0.3 is 18.6 Å². The molecule has 0 saturated carbocycles. The van der Waals surface area contributed by atoms with Crippen LogP contribution in [0.5, 0.6) is 0 Å². The van der Waals surface area contributed by atoms with Crippen molar-refractivity contribution in [1.29, 1.82) is 0 Å². The van der Waals surface area contributed by atoms with Gasteiger partial charge in [0.05, 0.1) is 19.0 Å². The first-order valence-electron chi connectivity index (χ1n) is 8.63. The van der Waals surface area contributed by atoms with Crippen molar-refractivity contribution in [2.45, 2.75) is 89.6 Å². The minimum absolute atomic E-state index is 0.0198. The molecule has 0 radical (unpaired) electrons. The third kappa shape index (κ3) is 5.47. The van der Waals surface area contributed by atoms with E-state index < -0.39 is 42.7 Å². The first-order chi connectivity index (χ1) is 11.1. The second-order valence-electron chi connectivity index (χ2n) is 8.86. The van der Waals surface area contributed by atoms with Crippen LogP contribution < -0.4 is 0 Å². The zero-order valence-corrected chi connectivity index (χ0v) is 18.3. The average Bonchev–Trinajstić information content (AvgIpc) is 2.85. The van der Waals surface area contributed by atoms with Gasteiger partial charge in [0.15, 0.2) is 20.4 Å². The Bertz CT molecular complexity index is 566. The predicted octanol–water partition coefficient (Wildman–Crippen LogP) is 2.62. The first kappa shape index (κ1) is 21.3. The zero-order chi connectivity index (χ0) is 19.3. The lowest BCUT2D eigenvalue weighted by Gasteiger charge is -2.37. The SMILES string of the molecule is CC1(C)O[C@H]2O[C@H](C(CO[Si](C)(C)C(C)(C)C)OS(C)(=O)=O)C[C@H]2O1. The van der Waals surface area contributed by atoms with E-state index in [1.807, 2.05) is 13.8 Å². The second kappa shape index (κ2) is 6.85. The number of fused-ring (bicyclic) bond motifs is 1. The van der Waals surface area contributed by atoms with Gasteiger partial charge in [-0.05, 0) is 32.0 Å². The molecule has 148 valence electrons. The molecule has 0 amide bonds. The molecule has 1 unspecified atom stereocenters. The van der Waals surface area contributed by atoms with E-state index in [1.165, 1.54) is 0 Å². The van der Waals surface area contributed by atoms with Gasteiger partial charge in [0.1, 0.15) is 12.2 Å². The fourth-order valence-corrected chi connectivity index (χ4v) is 4.35. The Kier molecular flexibility index (Phi) is 5.83. The molecule has 0 bridgehead atoms. The number of ether oxygens (including phenoxy) is 3. The van der Waals surface area contributed by atoms with Gasteiger partial charge in [-0.15, -0.1) is 0 Å². The molecule has 2 heterocycles. The van der Waals surface area contributed by atoms with Crippen LogP contribution in [0.25, 0.3) is 0 Å². The second-order valence-corrected chi connectivity index (χ2v) is 15.3. The Labute approximate surface area is 152 Å². The van der Waals surface area contributed by atoms with Gasteiger partial charge in [-0.1, -0.05) is 20.8 Å². The summed E-state index contributed by atoms with van der Waals surface area (Å²) in [6.07, 6.45) is -0.347. The van der Waals surface area contributed by atoms with Gasteiger partial charge in [-0.25, -0.2) is 0 Å². The van der Waals surface area contributed by atoms with E-state index in [9.17, 15) is 8.42 Å². The quantitative estimate of drug-likeness (QED) is 0.504. The average molecular weight is 397 g/mol. The van der Waals surface area contributed by atoms with E-state index in [-0.39, 0.29) is 17.7 Å². The van der Waals surface area contributed by atoms with Crippen LogP contribution in [0.4, 0.5) is 0 Å². The van der Waals surface area contributed by atoms with Gasteiger partial charge in [0.25, 0.3) is 10.1 Å². The molecule has 0 N–H and O–H groups in total. The van der Waals surface area contributed by atoms with Crippen molar-refractivity contribution in [2.24, 2.45) is 0 Å². The van der Waals surface area contributed by atoms with Gasteiger partial charge in [0.2, 0.25) is 0 Å². The highest BCUT2D eigenvalue weighted by atomic mass is 32.2.